The van der Waals surface area contributed by atoms with E-state index in [1.807, 2.05) is 0 Å². The van der Waals surface area contributed by atoms with E-state index < -0.39 is 23.9 Å². The Hall–Kier alpha value is -3.22. The minimum atomic E-state index is -1.27. The number of aromatic carboxylic acids is 1. The zero-order valence-corrected chi connectivity index (χ0v) is 12.0. The zero-order chi connectivity index (χ0) is 16.8. The summed E-state index contributed by atoms with van der Waals surface area (Å²) in [6, 6.07) is 11.7. The fraction of sp³-hybridized carbons (Fsp3) is 0.125. The molecule has 1 heterocycles. The first-order valence-electron chi connectivity index (χ1n) is 6.75. The Kier molecular flexibility index (Phi) is 5.03. The first-order chi connectivity index (χ1) is 11.0. The Bertz CT molecular complexity index is 730. The number of aliphatic carboxylic acids is 1. The molecular weight excluding hydrogens is 300 g/mol. The van der Waals surface area contributed by atoms with Crippen molar-refractivity contribution in [1.29, 1.82) is 0 Å². The molecule has 0 saturated heterocycles. The number of hydrogen-bond donors (Lipinski definition) is 3. The van der Waals surface area contributed by atoms with Crippen molar-refractivity contribution >= 4 is 17.8 Å². The van der Waals surface area contributed by atoms with E-state index in [0.717, 1.165) is 5.56 Å². The molecule has 3 N–H and O–H groups in total. The van der Waals surface area contributed by atoms with Crippen molar-refractivity contribution in [3.05, 3.63) is 65.5 Å². The van der Waals surface area contributed by atoms with Crippen LogP contribution < -0.4 is 5.32 Å². The molecule has 7 nitrogen and oxygen atoms in total. The molecule has 2 aromatic rings. The van der Waals surface area contributed by atoms with Crippen LogP contribution in [0.15, 0.2) is 48.5 Å². The molecule has 0 saturated carbocycles. The summed E-state index contributed by atoms with van der Waals surface area (Å²) in [5, 5.41) is 20.5. The molecule has 0 spiro atoms. The molecule has 1 unspecified atom stereocenters. The van der Waals surface area contributed by atoms with E-state index in [0.29, 0.717) is 0 Å². The van der Waals surface area contributed by atoms with E-state index in [-0.39, 0.29) is 17.8 Å². The number of carboxylic acid groups (broad SMARTS) is 2. The van der Waals surface area contributed by atoms with Crippen LogP contribution in [-0.4, -0.2) is 39.1 Å². The third-order valence-electron chi connectivity index (χ3n) is 3.09. The van der Waals surface area contributed by atoms with Crippen LogP contribution in [0.4, 0.5) is 0 Å². The minimum absolute atomic E-state index is 0.112. The summed E-state index contributed by atoms with van der Waals surface area (Å²) in [6.45, 7) is 0. The van der Waals surface area contributed by atoms with Gasteiger partial charge in [-0.3, -0.25) is 4.79 Å². The molecule has 0 fully saturated rings. The second kappa shape index (κ2) is 7.17. The maximum Gasteiger partial charge on any atom is 0.354 e. The van der Waals surface area contributed by atoms with Gasteiger partial charge in [0.05, 0.1) is 0 Å². The maximum absolute atomic E-state index is 12.1. The molecule has 0 aliphatic heterocycles. The van der Waals surface area contributed by atoms with Gasteiger partial charge in [-0.05, 0) is 17.7 Å². The van der Waals surface area contributed by atoms with Crippen molar-refractivity contribution in [1.82, 2.24) is 10.3 Å². The van der Waals surface area contributed by atoms with E-state index in [1.165, 1.54) is 18.2 Å². The molecule has 7 heteroatoms. The van der Waals surface area contributed by atoms with Crippen molar-refractivity contribution in [2.75, 3.05) is 0 Å². The van der Waals surface area contributed by atoms with Crippen LogP contribution >= 0.6 is 0 Å². The van der Waals surface area contributed by atoms with Crippen LogP contribution in [0.25, 0.3) is 0 Å². The third-order valence-corrected chi connectivity index (χ3v) is 3.09. The summed E-state index contributed by atoms with van der Waals surface area (Å²) in [5.74, 6) is -3.19. The quantitative estimate of drug-likeness (QED) is 0.738. The lowest BCUT2D eigenvalue weighted by Gasteiger charge is -2.14. The summed E-state index contributed by atoms with van der Waals surface area (Å²) in [4.78, 5) is 38.0. The Morgan fingerprint density at radius 2 is 1.61 bits per heavy atom. The van der Waals surface area contributed by atoms with E-state index >= 15 is 0 Å². The predicted octanol–water partition coefficient (Wildman–Crippen LogP) is 1.21. The lowest BCUT2D eigenvalue weighted by atomic mass is 10.1. The summed E-state index contributed by atoms with van der Waals surface area (Å²) < 4.78 is 0. The second-order valence-electron chi connectivity index (χ2n) is 4.77. The number of hydrogen-bond acceptors (Lipinski definition) is 4. The molecule has 2 rings (SSSR count). The van der Waals surface area contributed by atoms with Crippen molar-refractivity contribution in [3.63, 3.8) is 0 Å². The first-order valence-corrected chi connectivity index (χ1v) is 6.75. The second-order valence-corrected chi connectivity index (χ2v) is 4.77. The molecule has 1 aromatic heterocycles. The van der Waals surface area contributed by atoms with Crippen LogP contribution in [0.1, 0.15) is 26.5 Å². The minimum Gasteiger partial charge on any atom is -0.480 e. The number of rotatable bonds is 6. The Balaban J connectivity index is 2.13. The van der Waals surface area contributed by atoms with Gasteiger partial charge in [-0.2, -0.15) is 0 Å². The number of benzene rings is 1. The number of nitrogens with zero attached hydrogens (tertiary/aromatic N) is 1. The van der Waals surface area contributed by atoms with E-state index in [1.54, 1.807) is 30.3 Å². The Morgan fingerprint density at radius 3 is 2.22 bits per heavy atom. The molecule has 1 atom stereocenters. The smallest absolute Gasteiger partial charge is 0.354 e. The molecule has 1 amide bonds. The van der Waals surface area contributed by atoms with Crippen LogP contribution in [0.2, 0.25) is 0 Å². The maximum atomic E-state index is 12.1. The molecule has 1 aromatic carbocycles. The summed E-state index contributed by atoms with van der Waals surface area (Å²) in [6.07, 6.45) is 0.112. The third kappa shape index (κ3) is 4.37. The normalized spacial score (nSPS) is 11.5. The topological polar surface area (TPSA) is 117 Å². The lowest BCUT2D eigenvalue weighted by molar-refractivity contribution is -0.139. The van der Waals surface area contributed by atoms with Crippen LogP contribution in [0.5, 0.6) is 0 Å². The highest BCUT2D eigenvalue weighted by molar-refractivity contribution is 5.96. The highest BCUT2D eigenvalue weighted by Gasteiger charge is 2.22. The summed E-state index contributed by atoms with van der Waals surface area (Å²) in [5.41, 5.74) is 0.323. The van der Waals surface area contributed by atoms with Crippen molar-refractivity contribution < 1.29 is 24.6 Å². The fourth-order valence-electron chi connectivity index (χ4n) is 1.96. The van der Waals surface area contributed by atoms with Crippen LogP contribution in [0, 0.1) is 0 Å². The average molecular weight is 314 g/mol. The monoisotopic (exact) mass is 314 g/mol. The molecule has 0 bridgehead atoms. The van der Waals surface area contributed by atoms with E-state index in [4.69, 9.17) is 5.11 Å². The number of carbonyl (C=O) groups excluding carboxylic acids is 1. The SMILES string of the molecule is O=C(O)c1cccc(C(=O)NC(Cc2ccccc2)C(=O)O)n1. The molecule has 118 valence electrons. The van der Waals surface area contributed by atoms with Crippen LogP contribution in [-0.2, 0) is 11.2 Å². The first kappa shape index (κ1) is 16.2. The van der Waals surface area contributed by atoms with Gasteiger partial charge in [0.15, 0.2) is 0 Å². The fourth-order valence-corrected chi connectivity index (χ4v) is 1.96. The van der Waals surface area contributed by atoms with Gasteiger partial charge in [0.2, 0.25) is 0 Å². The molecule has 0 radical (unpaired) electrons. The summed E-state index contributed by atoms with van der Waals surface area (Å²) >= 11 is 0. The average Bonchev–Trinajstić information content (AvgIpc) is 2.55. The number of carboxylic acids is 2. The van der Waals surface area contributed by atoms with E-state index in [2.05, 4.69) is 10.3 Å². The molecule has 23 heavy (non-hydrogen) atoms. The van der Waals surface area contributed by atoms with Crippen molar-refractivity contribution in [2.24, 2.45) is 0 Å². The largest absolute Gasteiger partial charge is 0.480 e. The predicted molar refractivity (Wildman–Crippen MR) is 80.2 cm³/mol. The van der Waals surface area contributed by atoms with Crippen molar-refractivity contribution in [2.45, 2.75) is 12.5 Å². The highest BCUT2D eigenvalue weighted by atomic mass is 16.4. The van der Waals surface area contributed by atoms with Gasteiger partial charge in [0.25, 0.3) is 5.91 Å². The number of aromatic nitrogens is 1. The van der Waals surface area contributed by atoms with E-state index in [9.17, 15) is 19.5 Å². The lowest BCUT2D eigenvalue weighted by Crippen LogP contribution is -2.42. The number of amides is 1. The van der Waals surface area contributed by atoms with Gasteiger partial charge in [-0.1, -0.05) is 36.4 Å². The van der Waals surface area contributed by atoms with Crippen molar-refractivity contribution in [3.8, 4) is 0 Å². The van der Waals surface area contributed by atoms with Gasteiger partial charge >= 0.3 is 11.9 Å². The van der Waals surface area contributed by atoms with Crippen LogP contribution in [0.3, 0.4) is 0 Å². The number of nitrogens with one attached hydrogen (secondary N) is 1. The van der Waals surface area contributed by atoms with Gasteiger partial charge in [-0.25, -0.2) is 14.6 Å². The van der Waals surface area contributed by atoms with Gasteiger partial charge in [0, 0.05) is 6.42 Å². The highest BCUT2D eigenvalue weighted by Crippen LogP contribution is 2.05. The van der Waals surface area contributed by atoms with Gasteiger partial charge < -0.3 is 15.5 Å². The Morgan fingerprint density at radius 1 is 0.957 bits per heavy atom. The molecular formula is C16H14N2O5. The Labute approximate surface area is 131 Å². The summed E-state index contributed by atoms with van der Waals surface area (Å²) in [7, 11) is 0. The zero-order valence-electron chi connectivity index (χ0n) is 12.0. The number of carbonyl (C=O) groups is 3. The molecule has 0 aliphatic carbocycles. The number of pyridine rings is 1. The van der Waals surface area contributed by atoms with Gasteiger partial charge in [0.1, 0.15) is 17.4 Å². The standard InChI is InChI=1S/C16H14N2O5/c19-14(11-7-4-8-12(17-11)15(20)21)18-13(16(22)23)9-10-5-2-1-3-6-10/h1-8,13H,9H2,(H,18,19)(H,20,21)(H,22,23). The van der Waals surface area contributed by atoms with Gasteiger partial charge in [-0.15, -0.1) is 0 Å². The molecule has 0 aliphatic rings.